The van der Waals surface area contributed by atoms with Crippen molar-refractivity contribution in [1.29, 1.82) is 0 Å². The Balaban J connectivity index is 1.88. The highest BCUT2D eigenvalue weighted by atomic mass is 32.1. The number of aliphatic hydroxyl groups is 1. The molecular weight excluding hydrogens is 206 g/mol. The zero-order valence-electron chi connectivity index (χ0n) is 9.28. The number of hydrogen-bond acceptors (Lipinski definition) is 3. The van der Waals surface area contributed by atoms with Crippen molar-refractivity contribution in [2.24, 2.45) is 5.92 Å². The van der Waals surface area contributed by atoms with Gasteiger partial charge in [-0.05, 0) is 19.3 Å². The lowest BCUT2D eigenvalue weighted by Gasteiger charge is -2.23. The molecule has 2 nitrogen and oxygen atoms in total. The van der Waals surface area contributed by atoms with Gasteiger partial charge in [-0.1, -0.05) is 32.1 Å². The summed E-state index contributed by atoms with van der Waals surface area (Å²) in [6.45, 7) is 1.98. The van der Waals surface area contributed by atoms with E-state index in [4.69, 9.17) is 0 Å². The summed E-state index contributed by atoms with van der Waals surface area (Å²) in [7, 11) is 0. The van der Waals surface area contributed by atoms with Crippen molar-refractivity contribution in [3.8, 4) is 0 Å². The minimum Gasteiger partial charge on any atom is -0.386 e. The van der Waals surface area contributed by atoms with Gasteiger partial charge in [-0.25, -0.2) is 4.98 Å². The molecule has 84 valence electrons. The Morgan fingerprint density at radius 2 is 2.20 bits per heavy atom. The fourth-order valence-corrected chi connectivity index (χ4v) is 3.16. The van der Waals surface area contributed by atoms with Gasteiger partial charge in [0.2, 0.25) is 0 Å². The second-order valence-corrected chi connectivity index (χ2v) is 5.47. The molecule has 0 bridgehead atoms. The van der Waals surface area contributed by atoms with Gasteiger partial charge in [-0.15, -0.1) is 11.3 Å². The largest absolute Gasteiger partial charge is 0.386 e. The molecule has 1 heterocycles. The Morgan fingerprint density at radius 1 is 1.47 bits per heavy atom. The number of aromatic nitrogens is 1. The van der Waals surface area contributed by atoms with E-state index in [2.05, 4.69) is 4.98 Å². The lowest BCUT2D eigenvalue weighted by atomic mass is 9.85. The van der Waals surface area contributed by atoms with Gasteiger partial charge in [-0.3, -0.25) is 0 Å². The maximum absolute atomic E-state index is 10.0. The lowest BCUT2D eigenvalue weighted by Crippen LogP contribution is -2.11. The van der Waals surface area contributed by atoms with Crippen molar-refractivity contribution in [3.05, 3.63) is 16.1 Å². The van der Waals surface area contributed by atoms with Crippen molar-refractivity contribution in [2.75, 3.05) is 0 Å². The molecule has 1 aliphatic carbocycles. The topological polar surface area (TPSA) is 33.1 Å². The van der Waals surface area contributed by atoms with Crippen molar-refractivity contribution in [1.82, 2.24) is 4.98 Å². The van der Waals surface area contributed by atoms with Crippen LogP contribution in [0.1, 0.15) is 55.3 Å². The normalized spacial score (nSPS) is 20.4. The van der Waals surface area contributed by atoms with Crippen LogP contribution in [0.3, 0.4) is 0 Å². The van der Waals surface area contributed by atoms with Crippen LogP contribution in [0.5, 0.6) is 0 Å². The van der Waals surface area contributed by atoms with Gasteiger partial charge < -0.3 is 5.11 Å². The highest BCUT2D eigenvalue weighted by molar-refractivity contribution is 7.09. The second kappa shape index (κ2) is 5.08. The summed E-state index contributed by atoms with van der Waals surface area (Å²) in [5.74, 6) is 0.720. The Hall–Kier alpha value is -0.410. The number of rotatable bonds is 3. The van der Waals surface area contributed by atoms with E-state index in [9.17, 15) is 5.11 Å². The van der Waals surface area contributed by atoms with Gasteiger partial charge in [0.25, 0.3) is 0 Å². The van der Waals surface area contributed by atoms with Crippen LogP contribution >= 0.6 is 11.3 Å². The number of thiazole rings is 1. The molecule has 0 spiro atoms. The molecule has 0 aliphatic heterocycles. The summed E-state index contributed by atoms with van der Waals surface area (Å²) in [5, 5.41) is 12.9. The van der Waals surface area contributed by atoms with E-state index in [1.807, 2.05) is 12.3 Å². The van der Waals surface area contributed by atoms with Gasteiger partial charge in [0.1, 0.15) is 11.1 Å². The molecule has 1 atom stereocenters. The lowest BCUT2D eigenvalue weighted by molar-refractivity contribution is 0.131. The maximum atomic E-state index is 10.0. The van der Waals surface area contributed by atoms with E-state index >= 15 is 0 Å². The van der Waals surface area contributed by atoms with Crippen molar-refractivity contribution < 1.29 is 5.11 Å². The fourth-order valence-electron chi connectivity index (χ4n) is 2.36. The number of aliphatic hydroxyl groups excluding tert-OH is 1. The molecular formula is C12H19NOS. The van der Waals surface area contributed by atoms with E-state index in [0.717, 1.165) is 23.0 Å². The van der Waals surface area contributed by atoms with Gasteiger partial charge in [0.05, 0.1) is 0 Å². The van der Waals surface area contributed by atoms with Crippen LogP contribution in [0, 0.1) is 12.8 Å². The summed E-state index contributed by atoms with van der Waals surface area (Å²) in [6.07, 6.45) is 7.23. The SMILES string of the molecule is Cc1csc(C(O)CC2CCCCC2)n1. The molecule has 1 aromatic rings. The van der Waals surface area contributed by atoms with E-state index in [1.54, 1.807) is 11.3 Å². The molecule has 1 fully saturated rings. The molecule has 0 aromatic carbocycles. The zero-order valence-corrected chi connectivity index (χ0v) is 10.1. The van der Waals surface area contributed by atoms with E-state index in [0.29, 0.717) is 0 Å². The van der Waals surface area contributed by atoms with Gasteiger partial charge in [0.15, 0.2) is 0 Å². The maximum Gasteiger partial charge on any atom is 0.121 e. The Kier molecular flexibility index (Phi) is 3.76. The van der Waals surface area contributed by atoms with Crippen LogP contribution in [-0.4, -0.2) is 10.1 Å². The summed E-state index contributed by atoms with van der Waals surface area (Å²) in [5.41, 5.74) is 1.03. The monoisotopic (exact) mass is 225 g/mol. The minimum atomic E-state index is -0.327. The summed E-state index contributed by atoms with van der Waals surface area (Å²) in [4.78, 5) is 4.34. The van der Waals surface area contributed by atoms with Gasteiger partial charge in [-0.2, -0.15) is 0 Å². The zero-order chi connectivity index (χ0) is 10.7. The predicted octanol–water partition coefficient (Wildman–Crippen LogP) is 3.46. The Morgan fingerprint density at radius 3 is 2.80 bits per heavy atom. The molecule has 1 saturated carbocycles. The third-order valence-corrected chi connectivity index (χ3v) is 4.27. The first-order valence-corrected chi connectivity index (χ1v) is 6.74. The van der Waals surface area contributed by atoms with E-state index in [-0.39, 0.29) is 6.10 Å². The highest BCUT2D eigenvalue weighted by Gasteiger charge is 2.20. The Bertz CT molecular complexity index is 304. The van der Waals surface area contributed by atoms with Crippen molar-refractivity contribution in [2.45, 2.75) is 51.6 Å². The molecule has 2 rings (SSSR count). The Labute approximate surface area is 95.4 Å². The average molecular weight is 225 g/mol. The number of aryl methyl sites for hydroxylation is 1. The van der Waals surface area contributed by atoms with Crippen molar-refractivity contribution >= 4 is 11.3 Å². The van der Waals surface area contributed by atoms with Crippen LogP contribution in [-0.2, 0) is 0 Å². The molecule has 15 heavy (non-hydrogen) atoms. The molecule has 3 heteroatoms. The third kappa shape index (κ3) is 3.02. The molecule has 1 unspecified atom stereocenters. The smallest absolute Gasteiger partial charge is 0.121 e. The highest BCUT2D eigenvalue weighted by Crippen LogP contribution is 2.32. The summed E-state index contributed by atoms with van der Waals surface area (Å²) < 4.78 is 0. The molecule has 0 saturated heterocycles. The minimum absolute atomic E-state index is 0.327. The fraction of sp³-hybridized carbons (Fsp3) is 0.750. The average Bonchev–Trinajstić information content (AvgIpc) is 2.66. The van der Waals surface area contributed by atoms with Crippen molar-refractivity contribution in [3.63, 3.8) is 0 Å². The number of hydrogen-bond donors (Lipinski definition) is 1. The summed E-state index contributed by atoms with van der Waals surface area (Å²) >= 11 is 1.59. The standard InChI is InChI=1S/C12H19NOS/c1-9-8-15-12(13-9)11(14)7-10-5-3-2-4-6-10/h8,10-11,14H,2-7H2,1H3. The van der Waals surface area contributed by atoms with Gasteiger partial charge >= 0.3 is 0 Å². The van der Waals surface area contributed by atoms with E-state index < -0.39 is 0 Å². The number of nitrogens with zero attached hydrogens (tertiary/aromatic N) is 1. The first-order chi connectivity index (χ1) is 7.25. The van der Waals surface area contributed by atoms with Crippen LogP contribution < -0.4 is 0 Å². The van der Waals surface area contributed by atoms with Gasteiger partial charge in [0, 0.05) is 11.1 Å². The molecule has 1 aliphatic rings. The van der Waals surface area contributed by atoms with Crippen LogP contribution in [0.4, 0.5) is 0 Å². The molecule has 0 amide bonds. The quantitative estimate of drug-likeness (QED) is 0.854. The van der Waals surface area contributed by atoms with Crippen LogP contribution in [0.15, 0.2) is 5.38 Å². The summed E-state index contributed by atoms with van der Waals surface area (Å²) in [6, 6.07) is 0. The first kappa shape index (κ1) is 11.1. The van der Waals surface area contributed by atoms with Crippen LogP contribution in [0.2, 0.25) is 0 Å². The molecule has 1 aromatic heterocycles. The molecule has 1 N–H and O–H groups in total. The third-order valence-electron chi connectivity index (χ3n) is 3.20. The molecule has 0 radical (unpaired) electrons. The predicted molar refractivity (Wildman–Crippen MR) is 63.0 cm³/mol. The second-order valence-electron chi connectivity index (χ2n) is 4.58. The first-order valence-electron chi connectivity index (χ1n) is 5.86. The van der Waals surface area contributed by atoms with E-state index in [1.165, 1.54) is 32.1 Å². The van der Waals surface area contributed by atoms with Crippen LogP contribution in [0.25, 0.3) is 0 Å².